The molecule has 0 saturated carbocycles. The molecule has 0 radical (unpaired) electrons. The van der Waals surface area contributed by atoms with E-state index in [-0.39, 0.29) is 19.1 Å². The summed E-state index contributed by atoms with van der Waals surface area (Å²) in [5.74, 6) is -0.416. The van der Waals surface area contributed by atoms with Gasteiger partial charge in [0.2, 0.25) is 0 Å². The summed E-state index contributed by atoms with van der Waals surface area (Å²) in [6.07, 6.45) is 1.29. The van der Waals surface area contributed by atoms with E-state index in [0.29, 0.717) is 36.5 Å². The van der Waals surface area contributed by atoms with E-state index >= 15 is 0 Å². The molecule has 0 spiro atoms. The third-order valence-corrected chi connectivity index (χ3v) is 4.73. The Morgan fingerprint density at radius 2 is 2.12 bits per heavy atom. The van der Waals surface area contributed by atoms with Crippen LogP contribution in [0.2, 0.25) is 0 Å². The minimum atomic E-state index is -0.856. The van der Waals surface area contributed by atoms with Crippen LogP contribution >= 0.6 is 0 Å². The number of aromatic nitrogens is 1. The molecule has 2 heterocycles. The quantitative estimate of drug-likeness (QED) is 0.883. The first kappa shape index (κ1) is 18.0. The van der Waals surface area contributed by atoms with Crippen molar-refractivity contribution in [1.82, 2.24) is 10.1 Å². The molecule has 1 aliphatic heterocycles. The number of aliphatic carboxylic acids is 1. The van der Waals surface area contributed by atoms with E-state index in [4.69, 9.17) is 9.26 Å². The Balaban J connectivity index is 1.76. The lowest BCUT2D eigenvalue weighted by molar-refractivity contribution is -0.143. The summed E-state index contributed by atoms with van der Waals surface area (Å²) in [5, 5.41) is 13.1. The van der Waals surface area contributed by atoms with Crippen LogP contribution in [0.15, 0.2) is 28.8 Å². The van der Waals surface area contributed by atoms with E-state index in [1.54, 1.807) is 29.2 Å². The van der Waals surface area contributed by atoms with Gasteiger partial charge < -0.3 is 19.3 Å². The van der Waals surface area contributed by atoms with Crippen LogP contribution in [-0.2, 0) is 11.4 Å². The number of hydrogen-bond acceptors (Lipinski definition) is 5. The first-order chi connectivity index (χ1) is 12.5. The van der Waals surface area contributed by atoms with Gasteiger partial charge in [-0.3, -0.25) is 9.59 Å². The highest BCUT2D eigenvalue weighted by atomic mass is 16.5. The summed E-state index contributed by atoms with van der Waals surface area (Å²) < 4.78 is 11.0. The van der Waals surface area contributed by atoms with E-state index in [1.165, 1.54) is 0 Å². The summed E-state index contributed by atoms with van der Waals surface area (Å²) in [5.41, 5.74) is 2.05. The summed E-state index contributed by atoms with van der Waals surface area (Å²) in [7, 11) is 0. The highest BCUT2D eigenvalue weighted by Crippen LogP contribution is 2.25. The molecule has 1 fully saturated rings. The molecule has 1 aromatic carbocycles. The third kappa shape index (κ3) is 3.71. The third-order valence-electron chi connectivity index (χ3n) is 4.73. The van der Waals surface area contributed by atoms with Crippen LogP contribution in [-0.4, -0.2) is 40.1 Å². The highest BCUT2D eigenvalue weighted by Gasteiger charge is 2.29. The molecule has 26 heavy (non-hydrogen) atoms. The predicted octanol–water partition coefficient (Wildman–Crippen LogP) is 2.81. The van der Waals surface area contributed by atoms with Gasteiger partial charge in [-0.05, 0) is 38.8 Å². The molecule has 138 valence electrons. The lowest BCUT2D eigenvalue weighted by atomic mass is 9.97. The van der Waals surface area contributed by atoms with Crippen molar-refractivity contribution in [1.29, 1.82) is 0 Å². The number of aryl methyl sites for hydroxylation is 2. The summed E-state index contributed by atoms with van der Waals surface area (Å²) in [6, 6.07) is 7.02. The number of hydrogen-bond donors (Lipinski definition) is 1. The van der Waals surface area contributed by atoms with Gasteiger partial charge in [0.25, 0.3) is 5.91 Å². The van der Waals surface area contributed by atoms with Crippen molar-refractivity contribution in [3.05, 3.63) is 46.8 Å². The van der Waals surface area contributed by atoms with E-state index in [0.717, 1.165) is 11.3 Å². The van der Waals surface area contributed by atoms with Crippen LogP contribution in [0.4, 0.5) is 0 Å². The standard InChI is InChI=1S/C19H22N2O5/c1-12-16(13(2)26-20-12)11-25-17-8-4-3-7-15(17)18(22)21-9-5-6-14(10-21)19(23)24/h3-4,7-8,14H,5-6,9-11H2,1-2H3,(H,23,24)/t14-/m0/s1. The molecular weight excluding hydrogens is 336 g/mol. The molecule has 7 nitrogen and oxygen atoms in total. The maximum absolute atomic E-state index is 12.9. The lowest BCUT2D eigenvalue weighted by Crippen LogP contribution is -2.42. The Kier molecular flexibility index (Phi) is 5.25. The Bertz CT molecular complexity index is 795. The molecule has 0 bridgehead atoms. The summed E-state index contributed by atoms with van der Waals surface area (Å²) in [4.78, 5) is 25.7. The average molecular weight is 358 g/mol. The number of benzene rings is 1. The molecule has 3 rings (SSSR count). The number of likely N-dealkylation sites (tertiary alicyclic amines) is 1. The van der Waals surface area contributed by atoms with Gasteiger partial charge in [-0.25, -0.2) is 0 Å². The number of rotatable bonds is 5. The van der Waals surface area contributed by atoms with Crippen LogP contribution in [0, 0.1) is 19.8 Å². The van der Waals surface area contributed by atoms with E-state index in [1.807, 2.05) is 13.8 Å². The van der Waals surface area contributed by atoms with Gasteiger partial charge >= 0.3 is 5.97 Å². The minimum Gasteiger partial charge on any atom is -0.488 e. The van der Waals surface area contributed by atoms with Crippen molar-refractivity contribution in [2.45, 2.75) is 33.3 Å². The van der Waals surface area contributed by atoms with Gasteiger partial charge in [0.15, 0.2) is 0 Å². The van der Waals surface area contributed by atoms with Crippen LogP contribution in [0.25, 0.3) is 0 Å². The van der Waals surface area contributed by atoms with Gasteiger partial charge in [-0.2, -0.15) is 0 Å². The maximum Gasteiger partial charge on any atom is 0.308 e. The normalized spacial score (nSPS) is 17.2. The summed E-state index contributed by atoms with van der Waals surface area (Å²) in [6.45, 7) is 4.69. The lowest BCUT2D eigenvalue weighted by Gasteiger charge is -2.31. The molecule has 1 N–H and O–H groups in total. The van der Waals surface area contributed by atoms with Crippen LogP contribution in [0.5, 0.6) is 5.75 Å². The summed E-state index contributed by atoms with van der Waals surface area (Å²) >= 11 is 0. The molecule has 1 aliphatic rings. The fourth-order valence-corrected chi connectivity index (χ4v) is 3.16. The Hall–Kier alpha value is -2.83. The van der Waals surface area contributed by atoms with Crippen molar-refractivity contribution in [3.63, 3.8) is 0 Å². The largest absolute Gasteiger partial charge is 0.488 e. The number of carboxylic acids is 1. The van der Waals surface area contributed by atoms with Crippen LogP contribution in [0.3, 0.4) is 0 Å². The zero-order valence-corrected chi connectivity index (χ0v) is 14.9. The van der Waals surface area contributed by atoms with Gasteiger partial charge in [0, 0.05) is 13.1 Å². The number of carbonyl (C=O) groups excluding carboxylic acids is 1. The maximum atomic E-state index is 12.9. The van der Waals surface area contributed by atoms with Gasteiger partial charge in [0.1, 0.15) is 18.1 Å². The van der Waals surface area contributed by atoms with Crippen molar-refractivity contribution in [2.75, 3.05) is 13.1 Å². The van der Waals surface area contributed by atoms with E-state index < -0.39 is 11.9 Å². The Morgan fingerprint density at radius 3 is 2.81 bits per heavy atom. The molecule has 2 aromatic rings. The van der Waals surface area contributed by atoms with Crippen molar-refractivity contribution in [2.24, 2.45) is 5.92 Å². The minimum absolute atomic E-state index is 0.203. The number of amides is 1. The monoisotopic (exact) mass is 358 g/mol. The molecular formula is C19H22N2O5. The first-order valence-corrected chi connectivity index (χ1v) is 8.63. The Labute approximate surface area is 151 Å². The number of piperidine rings is 1. The second kappa shape index (κ2) is 7.59. The van der Waals surface area contributed by atoms with Gasteiger partial charge in [-0.15, -0.1) is 0 Å². The molecule has 1 aromatic heterocycles. The number of carbonyl (C=O) groups is 2. The number of para-hydroxylation sites is 1. The smallest absolute Gasteiger partial charge is 0.308 e. The zero-order chi connectivity index (χ0) is 18.7. The molecule has 0 unspecified atom stereocenters. The van der Waals surface area contributed by atoms with E-state index in [2.05, 4.69) is 5.16 Å². The zero-order valence-electron chi connectivity index (χ0n) is 14.9. The molecule has 0 aliphatic carbocycles. The fourth-order valence-electron chi connectivity index (χ4n) is 3.16. The number of nitrogens with zero attached hydrogens (tertiary/aromatic N) is 2. The van der Waals surface area contributed by atoms with Crippen molar-refractivity contribution < 1.29 is 24.0 Å². The second-order valence-electron chi connectivity index (χ2n) is 6.52. The fraction of sp³-hybridized carbons (Fsp3) is 0.421. The van der Waals surface area contributed by atoms with E-state index in [9.17, 15) is 14.7 Å². The molecule has 1 atom stereocenters. The Morgan fingerprint density at radius 1 is 1.35 bits per heavy atom. The molecule has 1 saturated heterocycles. The highest BCUT2D eigenvalue weighted by molar-refractivity contribution is 5.97. The number of ether oxygens (including phenoxy) is 1. The average Bonchev–Trinajstić information content (AvgIpc) is 2.97. The predicted molar refractivity (Wildman–Crippen MR) is 93.0 cm³/mol. The first-order valence-electron chi connectivity index (χ1n) is 8.63. The van der Waals surface area contributed by atoms with Crippen LogP contribution < -0.4 is 4.74 Å². The topological polar surface area (TPSA) is 92.9 Å². The molecule has 7 heteroatoms. The second-order valence-corrected chi connectivity index (χ2v) is 6.52. The van der Waals surface area contributed by atoms with Gasteiger partial charge in [-0.1, -0.05) is 17.3 Å². The van der Waals surface area contributed by atoms with Crippen molar-refractivity contribution >= 4 is 11.9 Å². The molecule has 1 amide bonds. The number of carboxylic acid groups (broad SMARTS) is 1. The van der Waals surface area contributed by atoms with Gasteiger partial charge in [0.05, 0.1) is 22.7 Å². The van der Waals surface area contributed by atoms with Crippen LogP contribution in [0.1, 0.15) is 40.2 Å². The van der Waals surface area contributed by atoms with Crippen molar-refractivity contribution in [3.8, 4) is 5.75 Å². The SMILES string of the molecule is Cc1noc(C)c1COc1ccccc1C(=O)N1CCC[C@H](C(=O)O)C1.